The normalized spacial score (nSPS) is 17.7. The molecule has 0 saturated carbocycles. The Kier molecular flexibility index (Phi) is 3.38. The molecule has 0 fully saturated rings. The van der Waals surface area contributed by atoms with Crippen LogP contribution in [0.3, 0.4) is 0 Å². The van der Waals surface area contributed by atoms with Crippen molar-refractivity contribution in [1.82, 2.24) is 0 Å². The van der Waals surface area contributed by atoms with Crippen molar-refractivity contribution in [2.24, 2.45) is 0 Å². The fourth-order valence-electron chi connectivity index (χ4n) is 2.07. The monoisotopic (exact) mass is 224 g/mol. The van der Waals surface area contributed by atoms with Crippen molar-refractivity contribution in [3.63, 3.8) is 0 Å². The molecule has 82 valence electrons. The second-order valence-electron chi connectivity index (χ2n) is 3.88. The van der Waals surface area contributed by atoms with Gasteiger partial charge in [-0.15, -0.1) is 0 Å². The van der Waals surface area contributed by atoms with Crippen LogP contribution < -0.4 is 4.72 Å². The van der Waals surface area contributed by atoms with Crippen molar-refractivity contribution < 1.29 is 8.76 Å². The summed E-state index contributed by atoms with van der Waals surface area (Å²) in [6, 6.07) is 5.83. The Balaban J connectivity index is 2.23. The molecular weight excluding hydrogens is 210 g/mol. The van der Waals surface area contributed by atoms with Crippen molar-refractivity contribution in [2.75, 3.05) is 4.72 Å². The summed E-state index contributed by atoms with van der Waals surface area (Å²) in [6.45, 7) is 0. The highest BCUT2D eigenvalue weighted by Crippen LogP contribution is 2.23. The molecule has 0 saturated heterocycles. The first-order valence-corrected chi connectivity index (χ1v) is 6.31. The summed E-state index contributed by atoms with van der Waals surface area (Å²) in [5, 5.41) is 0. The van der Waals surface area contributed by atoms with Crippen LogP contribution in [-0.4, -0.2) is 8.76 Å². The van der Waals surface area contributed by atoms with E-state index in [2.05, 4.69) is 4.72 Å². The lowest BCUT2D eigenvalue weighted by Crippen LogP contribution is -2.03. The minimum Gasteiger partial charge on any atom is -0.755 e. The molecule has 0 aliphatic heterocycles. The van der Waals surface area contributed by atoms with E-state index in [0.717, 1.165) is 12.8 Å². The van der Waals surface area contributed by atoms with Gasteiger partial charge in [0.05, 0.1) is 0 Å². The molecule has 0 amide bonds. The van der Waals surface area contributed by atoms with Gasteiger partial charge in [0.1, 0.15) is 0 Å². The first kappa shape index (κ1) is 10.6. The van der Waals surface area contributed by atoms with E-state index >= 15 is 0 Å². The van der Waals surface area contributed by atoms with E-state index in [9.17, 15) is 8.76 Å². The molecule has 15 heavy (non-hydrogen) atoms. The third-order valence-electron chi connectivity index (χ3n) is 2.80. The molecule has 0 heterocycles. The average molecular weight is 224 g/mol. The first-order chi connectivity index (χ1) is 7.25. The van der Waals surface area contributed by atoms with Crippen molar-refractivity contribution in [1.29, 1.82) is 0 Å². The average Bonchev–Trinajstić information content (AvgIpc) is 2.41. The summed E-state index contributed by atoms with van der Waals surface area (Å²) in [4.78, 5) is 0. The van der Waals surface area contributed by atoms with Crippen LogP contribution in [0.15, 0.2) is 18.2 Å². The second kappa shape index (κ2) is 4.77. The molecule has 1 aliphatic rings. The van der Waals surface area contributed by atoms with E-state index in [1.807, 2.05) is 18.2 Å². The smallest absolute Gasteiger partial charge is 0.0455 e. The highest BCUT2D eigenvalue weighted by atomic mass is 32.2. The lowest BCUT2D eigenvalue weighted by Gasteiger charge is -2.12. The molecule has 0 aromatic heterocycles. The largest absolute Gasteiger partial charge is 0.755 e. The fraction of sp³-hybridized carbons (Fsp3) is 0.455. The standard InChI is InChI=1S/C11H15NO2S/c13-15(14)12-11-7-6-9-4-2-1-3-5-10(9)8-11/h6-8,12H,1-5H2,(H,13,14)/p-1. The van der Waals surface area contributed by atoms with E-state index in [4.69, 9.17) is 0 Å². The Morgan fingerprint density at radius 3 is 2.60 bits per heavy atom. The van der Waals surface area contributed by atoms with Crippen molar-refractivity contribution in [2.45, 2.75) is 32.1 Å². The van der Waals surface area contributed by atoms with Gasteiger partial charge in [-0.2, -0.15) is 0 Å². The van der Waals surface area contributed by atoms with E-state index in [1.54, 1.807) is 0 Å². The minimum absolute atomic E-state index is 0.670. The Labute approximate surface area is 92.3 Å². The summed E-state index contributed by atoms with van der Waals surface area (Å²) in [5.74, 6) is 0. The van der Waals surface area contributed by atoms with Gasteiger partial charge in [-0.05, 0) is 48.9 Å². The van der Waals surface area contributed by atoms with Crippen LogP contribution in [-0.2, 0) is 24.1 Å². The predicted octanol–water partition coefficient (Wildman–Crippen LogP) is 2.16. The molecule has 1 N–H and O–H groups in total. The zero-order valence-corrected chi connectivity index (χ0v) is 9.31. The van der Waals surface area contributed by atoms with Gasteiger partial charge in [0.2, 0.25) is 0 Å². The van der Waals surface area contributed by atoms with Crippen LogP contribution >= 0.6 is 0 Å². The van der Waals surface area contributed by atoms with Crippen LogP contribution in [0.4, 0.5) is 5.69 Å². The number of benzene rings is 1. The van der Waals surface area contributed by atoms with Crippen LogP contribution in [0.25, 0.3) is 0 Å². The topological polar surface area (TPSA) is 52.2 Å². The quantitative estimate of drug-likeness (QED) is 0.618. The Morgan fingerprint density at radius 2 is 1.87 bits per heavy atom. The number of fused-ring (bicyclic) bond motifs is 1. The summed E-state index contributed by atoms with van der Waals surface area (Å²) < 4.78 is 23.4. The fourth-order valence-corrected chi connectivity index (χ4v) is 2.39. The molecule has 1 aromatic carbocycles. The predicted molar refractivity (Wildman–Crippen MR) is 60.2 cm³/mol. The molecule has 0 bridgehead atoms. The molecular formula is C11H14NO2S-. The van der Waals surface area contributed by atoms with Gasteiger partial charge in [0.15, 0.2) is 0 Å². The molecule has 1 unspecified atom stereocenters. The van der Waals surface area contributed by atoms with Gasteiger partial charge in [-0.1, -0.05) is 12.5 Å². The summed E-state index contributed by atoms with van der Waals surface area (Å²) in [5.41, 5.74) is 3.33. The zero-order chi connectivity index (χ0) is 10.7. The van der Waals surface area contributed by atoms with E-state index < -0.39 is 11.3 Å². The number of aryl methyl sites for hydroxylation is 2. The number of rotatable bonds is 2. The highest BCUT2D eigenvalue weighted by Gasteiger charge is 2.08. The highest BCUT2D eigenvalue weighted by molar-refractivity contribution is 7.80. The molecule has 1 aliphatic carbocycles. The van der Waals surface area contributed by atoms with Gasteiger partial charge >= 0.3 is 0 Å². The third kappa shape index (κ3) is 2.79. The molecule has 3 nitrogen and oxygen atoms in total. The van der Waals surface area contributed by atoms with Crippen molar-refractivity contribution in [3.8, 4) is 0 Å². The van der Waals surface area contributed by atoms with Crippen LogP contribution in [0, 0.1) is 0 Å². The molecule has 2 rings (SSSR count). The van der Waals surface area contributed by atoms with E-state index in [0.29, 0.717) is 5.69 Å². The number of hydrogen-bond acceptors (Lipinski definition) is 2. The molecule has 1 aromatic rings. The first-order valence-electron chi connectivity index (χ1n) is 5.23. The summed E-state index contributed by atoms with van der Waals surface area (Å²) in [6.07, 6.45) is 5.90. The number of nitrogens with one attached hydrogen (secondary N) is 1. The maximum atomic E-state index is 10.5. The minimum atomic E-state index is -2.22. The molecule has 0 radical (unpaired) electrons. The lowest BCUT2D eigenvalue weighted by atomic mass is 10.0. The summed E-state index contributed by atoms with van der Waals surface area (Å²) >= 11 is -2.22. The number of hydrogen-bond donors (Lipinski definition) is 1. The summed E-state index contributed by atoms with van der Waals surface area (Å²) in [7, 11) is 0. The van der Waals surface area contributed by atoms with Crippen LogP contribution in [0.2, 0.25) is 0 Å². The maximum Gasteiger partial charge on any atom is 0.0455 e. The van der Waals surface area contributed by atoms with E-state index in [-0.39, 0.29) is 0 Å². The van der Waals surface area contributed by atoms with Crippen LogP contribution in [0.1, 0.15) is 30.4 Å². The van der Waals surface area contributed by atoms with Crippen LogP contribution in [0.5, 0.6) is 0 Å². The SMILES string of the molecule is O=S([O-])Nc1ccc2c(c1)CCCCC2. The Morgan fingerprint density at radius 1 is 1.13 bits per heavy atom. The van der Waals surface area contributed by atoms with Crippen molar-refractivity contribution >= 4 is 17.0 Å². The maximum absolute atomic E-state index is 10.5. The Bertz CT molecular complexity index is 379. The van der Waals surface area contributed by atoms with Gasteiger partial charge in [0.25, 0.3) is 0 Å². The van der Waals surface area contributed by atoms with Gasteiger partial charge in [0, 0.05) is 17.0 Å². The molecule has 1 atom stereocenters. The van der Waals surface area contributed by atoms with Gasteiger partial charge in [-0.3, -0.25) is 4.21 Å². The lowest BCUT2D eigenvalue weighted by molar-refractivity contribution is 0.542. The zero-order valence-electron chi connectivity index (χ0n) is 8.49. The Hall–Kier alpha value is -0.870. The van der Waals surface area contributed by atoms with E-state index in [1.165, 1.54) is 30.4 Å². The van der Waals surface area contributed by atoms with Gasteiger partial charge < -0.3 is 9.27 Å². The second-order valence-corrected chi connectivity index (χ2v) is 4.55. The van der Waals surface area contributed by atoms with Gasteiger partial charge in [-0.25, -0.2) is 0 Å². The molecule has 4 heteroatoms. The third-order valence-corrected chi connectivity index (χ3v) is 3.20. The molecule has 0 spiro atoms. The van der Waals surface area contributed by atoms with Crippen molar-refractivity contribution in [3.05, 3.63) is 29.3 Å². The number of anilines is 1.